The summed E-state index contributed by atoms with van der Waals surface area (Å²) in [4.78, 5) is 0. The standard InChI is InChI=1S/C24H15BrClNO/c25-16-13-17(26)15-20(14-16)28-19-11-9-18(10-12-19)27-23-7-3-1-5-21(23)22-6-2-4-8-24(22)27/h1-15H/i1D,2D,3D,4D,5D,6D,7D,8D,9D,10D,11D,12D. The van der Waals surface area contributed by atoms with Crippen molar-refractivity contribution in [2.24, 2.45) is 0 Å². The van der Waals surface area contributed by atoms with Crippen LogP contribution in [0.4, 0.5) is 0 Å². The van der Waals surface area contributed by atoms with Gasteiger partial charge in [0.05, 0.1) is 27.5 Å². The maximum atomic E-state index is 8.78. The van der Waals surface area contributed by atoms with Crippen LogP contribution in [0.3, 0.4) is 0 Å². The van der Waals surface area contributed by atoms with Crippen molar-refractivity contribution in [3.63, 3.8) is 0 Å². The van der Waals surface area contributed by atoms with Crippen LogP contribution in [-0.4, -0.2) is 4.57 Å². The van der Waals surface area contributed by atoms with Crippen LogP contribution in [-0.2, 0) is 0 Å². The van der Waals surface area contributed by atoms with E-state index in [2.05, 4.69) is 15.9 Å². The lowest BCUT2D eigenvalue weighted by molar-refractivity contribution is 0.482. The molecule has 0 unspecified atom stereocenters. The molecule has 5 aromatic rings. The van der Waals surface area contributed by atoms with E-state index in [1.54, 1.807) is 6.07 Å². The van der Waals surface area contributed by atoms with E-state index in [9.17, 15) is 0 Å². The second kappa shape index (κ2) is 7.01. The van der Waals surface area contributed by atoms with Crippen LogP contribution >= 0.6 is 27.5 Å². The number of rotatable bonds is 3. The first-order chi connectivity index (χ1) is 18.7. The van der Waals surface area contributed by atoms with Crippen molar-refractivity contribution in [2.75, 3.05) is 0 Å². The topological polar surface area (TPSA) is 14.2 Å². The third-order valence-corrected chi connectivity index (χ3v) is 4.58. The van der Waals surface area contributed by atoms with E-state index >= 15 is 0 Å². The highest BCUT2D eigenvalue weighted by molar-refractivity contribution is 9.10. The molecule has 0 radical (unpaired) electrons. The van der Waals surface area contributed by atoms with E-state index in [0.717, 1.165) is 4.57 Å². The smallest absolute Gasteiger partial charge is 0.130 e. The summed E-state index contributed by atoms with van der Waals surface area (Å²) < 4.78 is 109. The molecule has 0 atom stereocenters. The van der Waals surface area contributed by atoms with Gasteiger partial charge in [-0.25, -0.2) is 0 Å². The second-order valence-electron chi connectivity index (χ2n) is 5.67. The molecule has 136 valence electrons. The summed E-state index contributed by atoms with van der Waals surface area (Å²) in [5.41, 5.74) is -1.12. The third kappa shape index (κ3) is 3.07. The monoisotopic (exact) mass is 459 g/mol. The van der Waals surface area contributed by atoms with Crippen LogP contribution in [0.15, 0.2) is 95.2 Å². The zero-order valence-electron chi connectivity index (χ0n) is 25.8. The van der Waals surface area contributed by atoms with Gasteiger partial charge in [-0.3, -0.25) is 0 Å². The second-order valence-corrected chi connectivity index (χ2v) is 7.02. The van der Waals surface area contributed by atoms with Crippen molar-refractivity contribution in [1.82, 2.24) is 4.57 Å². The van der Waals surface area contributed by atoms with E-state index in [-0.39, 0.29) is 32.6 Å². The van der Waals surface area contributed by atoms with Gasteiger partial charge >= 0.3 is 0 Å². The zero-order valence-corrected chi connectivity index (χ0v) is 16.2. The summed E-state index contributed by atoms with van der Waals surface area (Å²) in [6, 6.07) is -3.13. The first kappa shape index (κ1) is 8.73. The quantitative estimate of drug-likeness (QED) is 0.266. The summed E-state index contributed by atoms with van der Waals surface area (Å²) in [5.74, 6) is -0.328. The van der Waals surface area contributed by atoms with E-state index in [1.165, 1.54) is 12.1 Å². The fourth-order valence-corrected chi connectivity index (χ4v) is 3.64. The lowest BCUT2D eigenvalue weighted by atomic mass is 10.2. The van der Waals surface area contributed by atoms with Gasteiger partial charge in [0, 0.05) is 26.0 Å². The van der Waals surface area contributed by atoms with E-state index in [0.29, 0.717) is 4.47 Å². The molecule has 1 aromatic heterocycles. The Hall–Kier alpha value is -2.75. The summed E-state index contributed by atoms with van der Waals surface area (Å²) >= 11 is 9.32. The van der Waals surface area contributed by atoms with Gasteiger partial charge in [0.2, 0.25) is 0 Å². The minimum atomic E-state index is -0.671. The largest absolute Gasteiger partial charge is 0.457 e. The molecule has 5 rings (SSSR count). The average molecular weight is 461 g/mol. The molecule has 1 heterocycles. The molecule has 0 saturated heterocycles. The van der Waals surface area contributed by atoms with Crippen LogP contribution in [0.2, 0.25) is 5.02 Å². The number of ether oxygens (including phenoxy) is 1. The molecule has 0 fully saturated rings. The Balaban J connectivity index is 1.97. The highest BCUT2D eigenvalue weighted by atomic mass is 79.9. The van der Waals surface area contributed by atoms with Gasteiger partial charge in [0.25, 0.3) is 0 Å². The number of hydrogen-bond donors (Lipinski definition) is 0. The van der Waals surface area contributed by atoms with E-state index in [1.807, 2.05) is 0 Å². The molecule has 0 bridgehead atoms. The number of aromatic nitrogens is 1. The van der Waals surface area contributed by atoms with Gasteiger partial charge < -0.3 is 9.30 Å². The normalized spacial score (nSPS) is 17.2. The van der Waals surface area contributed by atoms with Crippen LogP contribution in [0, 0.1) is 0 Å². The molecule has 0 amide bonds. The van der Waals surface area contributed by atoms with Gasteiger partial charge in [0.15, 0.2) is 0 Å². The van der Waals surface area contributed by atoms with Crippen LogP contribution in [0.5, 0.6) is 11.5 Å². The Morgan fingerprint density at radius 3 is 1.96 bits per heavy atom. The number of nitrogens with zero attached hydrogens (tertiary/aromatic N) is 1. The number of para-hydroxylation sites is 2. The van der Waals surface area contributed by atoms with Crippen LogP contribution in [0.1, 0.15) is 16.4 Å². The number of benzene rings is 4. The number of fused-ring (bicyclic) bond motifs is 3. The fourth-order valence-electron chi connectivity index (χ4n) is 2.81. The summed E-state index contributed by atoms with van der Waals surface area (Å²) in [6.45, 7) is 0. The Kier molecular flexibility index (Phi) is 2.18. The lowest BCUT2D eigenvalue weighted by Gasteiger charge is -2.10. The molecule has 0 aliphatic rings. The minimum absolute atomic E-state index is 0.119. The first-order valence-corrected chi connectivity index (χ1v) is 9.11. The molecule has 2 nitrogen and oxygen atoms in total. The Morgan fingerprint density at radius 1 is 0.750 bits per heavy atom. The minimum Gasteiger partial charge on any atom is -0.457 e. The van der Waals surface area contributed by atoms with Crippen LogP contribution in [0.25, 0.3) is 27.5 Å². The Morgan fingerprint density at radius 2 is 1.36 bits per heavy atom. The molecule has 0 spiro atoms. The maximum absolute atomic E-state index is 8.78. The Labute approximate surface area is 192 Å². The highest BCUT2D eigenvalue weighted by Gasteiger charge is 2.11. The maximum Gasteiger partial charge on any atom is 0.130 e. The van der Waals surface area contributed by atoms with Crippen molar-refractivity contribution in [3.8, 4) is 17.2 Å². The highest BCUT2D eigenvalue weighted by Crippen LogP contribution is 2.33. The van der Waals surface area contributed by atoms with Crippen LogP contribution < -0.4 is 4.74 Å². The molecule has 4 aromatic carbocycles. The number of halogens is 2. The molecule has 28 heavy (non-hydrogen) atoms. The molecule has 0 N–H and O–H groups in total. The SMILES string of the molecule is [2H]c1c([2H])c(-n2c3c([2H])c([2H])c([2H])c([2H])c3c3c([2H])c([2H])c([2H])c([2H])c32)c([2H])c([2H])c1Oc1cc(Cl)cc(Br)c1. The Bertz CT molecular complexity index is 1810. The zero-order chi connectivity index (χ0) is 29.5. The van der Waals surface area contributed by atoms with Gasteiger partial charge in [-0.15, -0.1) is 0 Å². The van der Waals surface area contributed by atoms with Crippen molar-refractivity contribution >= 4 is 49.3 Å². The summed E-state index contributed by atoms with van der Waals surface area (Å²) in [5, 5.41) is -0.201. The molecule has 4 heteroatoms. The van der Waals surface area contributed by atoms with Crippen molar-refractivity contribution < 1.29 is 21.2 Å². The van der Waals surface area contributed by atoms with Crippen molar-refractivity contribution in [1.29, 1.82) is 0 Å². The molecule has 0 aliphatic heterocycles. The van der Waals surface area contributed by atoms with Crippen molar-refractivity contribution in [2.45, 2.75) is 0 Å². The van der Waals surface area contributed by atoms with Gasteiger partial charge in [-0.1, -0.05) is 63.8 Å². The predicted octanol–water partition coefficient (Wildman–Crippen LogP) is 7.99. The van der Waals surface area contributed by atoms with E-state index in [4.69, 9.17) is 32.8 Å². The first-order valence-electron chi connectivity index (χ1n) is 13.9. The molecular formula is C24H15BrClNO. The predicted molar refractivity (Wildman–Crippen MR) is 120 cm³/mol. The third-order valence-electron chi connectivity index (χ3n) is 3.90. The van der Waals surface area contributed by atoms with Crippen molar-refractivity contribution in [3.05, 3.63) is 100 Å². The molecular weight excluding hydrogens is 434 g/mol. The lowest BCUT2D eigenvalue weighted by Crippen LogP contribution is -1.93. The summed E-state index contributed by atoms with van der Waals surface area (Å²) in [7, 11) is 0. The average Bonchev–Trinajstić information content (AvgIpc) is 3.25. The number of hydrogen-bond acceptors (Lipinski definition) is 1. The fraction of sp³-hybridized carbons (Fsp3) is 0. The molecule has 0 saturated carbocycles. The van der Waals surface area contributed by atoms with Gasteiger partial charge in [0.1, 0.15) is 11.5 Å². The van der Waals surface area contributed by atoms with E-state index < -0.39 is 83.9 Å². The summed E-state index contributed by atoms with van der Waals surface area (Å²) in [6.07, 6.45) is 0. The molecule has 0 aliphatic carbocycles. The van der Waals surface area contributed by atoms with Gasteiger partial charge in [-0.05, 0) is 54.5 Å². The van der Waals surface area contributed by atoms with Gasteiger partial charge in [-0.2, -0.15) is 0 Å².